The molecule has 1 N–H and O–H groups in total. The lowest BCUT2D eigenvalue weighted by atomic mass is 9.78. The summed E-state index contributed by atoms with van der Waals surface area (Å²) in [5.74, 6) is 0.361. The van der Waals surface area contributed by atoms with Crippen LogP contribution >= 0.6 is 0 Å². The molecular weight excluding hydrogens is 164 g/mol. The van der Waals surface area contributed by atoms with Crippen LogP contribution in [0.15, 0.2) is 11.6 Å². The van der Waals surface area contributed by atoms with E-state index in [2.05, 4.69) is 6.08 Å². The van der Waals surface area contributed by atoms with Crippen molar-refractivity contribution in [2.45, 2.75) is 44.8 Å². The van der Waals surface area contributed by atoms with Crippen molar-refractivity contribution in [3.8, 4) is 0 Å². The van der Waals surface area contributed by atoms with Crippen molar-refractivity contribution in [1.29, 1.82) is 0 Å². The lowest BCUT2D eigenvalue weighted by Gasteiger charge is -2.33. The average molecular weight is 182 g/mol. The molecule has 2 aliphatic rings. The van der Waals surface area contributed by atoms with Crippen LogP contribution in [0.4, 0.5) is 0 Å². The SMILES string of the molecule is CC(C)(O)[C@@H]1CC=C2CCO[C@H]2C1. The van der Waals surface area contributed by atoms with Crippen molar-refractivity contribution in [3.05, 3.63) is 11.6 Å². The van der Waals surface area contributed by atoms with E-state index >= 15 is 0 Å². The first-order valence-electron chi connectivity index (χ1n) is 5.10. The molecule has 2 rings (SSSR count). The van der Waals surface area contributed by atoms with Crippen molar-refractivity contribution < 1.29 is 9.84 Å². The summed E-state index contributed by atoms with van der Waals surface area (Å²) in [7, 11) is 0. The molecule has 1 aliphatic heterocycles. The first-order chi connectivity index (χ1) is 6.07. The van der Waals surface area contributed by atoms with Gasteiger partial charge in [-0.25, -0.2) is 0 Å². The minimum Gasteiger partial charge on any atom is -0.390 e. The van der Waals surface area contributed by atoms with Crippen LogP contribution in [0.5, 0.6) is 0 Å². The summed E-state index contributed by atoms with van der Waals surface area (Å²) < 4.78 is 5.60. The third-order valence-electron chi connectivity index (χ3n) is 3.29. The Balaban J connectivity index is 2.08. The highest BCUT2D eigenvalue weighted by Gasteiger charge is 2.35. The van der Waals surface area contributed by atoms with Gasteiger partial charge in [0.25, 0.3) is 0 Å². The van der Waals surface area contributed by atoms with Crippen LogP contribution in [-0.2, 0) is 4.74 Å². The predicted octanol–water partition coefficient (Wildman–Crippen LogP) is 1.88. The van der Waals surface area contributed by atoms with E-state index in [1.807, 2.05) is 13.8 Å². The number of fused-ring (bicyclic) bond motifs is 1. The lowest BCUT2D eigenvalue weighted by Crippen LogP contribution is -2.35. The Morgan fingerprint density at radius 2 is 2.31 bits per heavy atom. The number of rotatable bonds is 1. The molecule has 1 heterocycles. The summed E-state index contributed by atoms with van der Waals surface area (Å²) in [6, 6.07) is 0. The second-order valence-corrected chi connectivity index (χ2v) is 4.71. The van der Waals surface area contributed by atoms with Gasteiger partial charge in [-0.05, 0) is 44.6 Å². The van der Waals surface area contributed by atoms with Crippen LogP contribution in [0.3, 0.4) is 0 Å². The minimum absolute atomic E-state index is 0.310. The Morgan fingerprint density at radius 3 is 3.00 bits per heavy atom. The number of hydrogen-bond acceptors (Lipinski definition) is 2. The molecule has 2 nitrogen and oxygen atoms in total. The molecule has 0 amide bonds. The molecule has 0 spiro atoms. The van der Waals surface area contributed by atoms with Gasteiger partial charge in [0.1, 0.15) is 0 Å². The molecule has 0 saturated carbocycles. The highest BCUT2D eigenvalue weighted by atomic mass is 16.5. The highest BCUT2D eigenvalue weighted by Crippen LogP contribution is 2.37. The third kappa shape index (κ3) is 1.79. The van der Waals surface area contributed by atoms with E-state index in [-0.39, 0.29) is 0 Å². The van der Waals surface area contributed by atoms with Gasteiger partial charge in [0, 0.05) is 0 Å². The average Bonchev–Trinajstić information content (AvgIpc) is 2.47. The van der Waals surface area contributed by atoms with Gasteiger partial charge < -0.3 is 9.84 Å². The molecule has 0 unspecified atom stereocenters. The molecule has 0 bridgehead atoms. The van der Waals surface area contributed by atoms with E-state index in [9.17, 15) is 5.11 Å². The largest absolute Gasteiger partial charge is 0.390 e. The van der Waals surface area contributed by atoms with Crippen molar-refractivity contribution in [3.63, 3.8) is 0 Å². The maximum Gasteiger partial charge on any atom is 0.0789 e. The first-order valence-corrected chi connectivity index (χ1v) is 5.10. The predicted molar refractivity (Wildman–Crippen MR) is 51.5 cm³/mol. The van der Waals surface area contributed by atoms with Crippen molar-refractivity contribution in [2.24, 2.45) is 5.92 Å². The van der Waals surface area contributed by atoms with Gasteiger partial charge in [-0.15, -0.1) is 0 Å². The van der Waals surface area contributed by atoms with Crippen molar-refractivity contribution in [1.82, 2.24) is 0 Å². The van der Waals surface area contributed by atoms with Gasteiger partial charge in [-0.1, -0.05) is 6.08 Å². The molecule has 2 atom stereocenters. The number of hydrogen-bond donors (Lipinski definition) is 1. The second-order valence-electron chi connectivity index (χ2n) is 4.71. The van der Waals surface area contributed by atoms with Crippen molar-refractivity contribution >= 4 is 0 Å². The van der Waals surface area contributed by atoms with Gasteiger partial charge in [0.2, 0.25) is 0 Å². The minimum atomic E-state index is -0.562. The zero-order valence-electron chi connectivity index (χ0n) is 8.42. The summed E-state index contributed by atoms with van der Waals surface area (Å²) in [6.07, 6.45) is 5.69. The third-order valence-corrected chi connectivity index (χ3v) is 3.29. The molecule has 13 heavy (non-hydrogen) atoms. The van der Waals surface area contributed by atoms with E-state index in [1.54, 1.807) is 0 Å². The molecule has 1 fully saturated rings. The Morgan fingerprint density at radius 1 is 1.54 bits per heavy atom. The van der Waals surface area contributed by atoms with Crippen LogP contribution < -0.4 is 0 Å². The fraction of sp³-hybridized carbons (Fsp3) is 0.818. The molecule has 0 radical (unpaired) electrons. The van der Waals surface area contributed by atoms with Gasteiger partial charge in [0.15, 0.2) is 0 Å². The molecule has 1 saturated heterocycles. The van der Waals surface area contributed by atoms with E-state index in [1.165, 1.54) is 5.57 Å². The smallest absolute Gasteiger partial charge is 0.0789 e. The molecular formula is C11H18O2. The summed E-state index contributed by atoms with van der Waals surface area (Å²) in [5, 5.41) is 9.88. The van der Waals surface area contributed by atoms with E-state index in [0.29, 0.717) is 12.0 Å². The normalized spacial score (nSPS) is 34.2. The standard InChI is InChI=1S/C11H18O2/c1-11(2,12)9-4-3-8-5-6-13-10(8)7-9/h3,9-10,12H,4-7H2,1-2H3/t9-,10+/m1/s1. The van der Waals surface area contributed by atoms with Gasteiger partial charge >= 0.3 is 0 Å². The van der Waals surface area contributed by atoms with Gasteiger partial charge in [-0.3, -0.25) is 0 Å². The topological polar surface area (TPSA) is 29.5 Å². The summed E-state index contributed by atoms with van der Waals surface area (Å²) >= 11 is 0. The van der Waals surface area contributed by atoms with Gasteiger partial charge in [0.05, 0.1) is 18.3 Å². The fourth-order valence-electron chi connectivity index (χ4n) is 2.27. The monoisotopic (exact) mass is 182 g/mol. The molecule has 0 aromatic rings. The Hall–Kier alpha value is -0.340. The summed E-state index contributed by atoms with van der Waals surface area (Å²) in [4.78, 5) is 0. The molecule has 0 aromatic carbocycles. The number of allylic oxidation sites excluding steroid dienone is 1. The summed E-state index contributed by atoms with van der Waals surface area (Å²) in [6.45, 7) is 4.66. The van der Waals surface area contributed by atoms with Crippen LogP contribution in [0.2, 0.25) is 0 Å². The van der Waals surface area contributed by atoms with E-state index in [0.717, 1.165) is 25.9 Å². The number of ether oxygens (including phenoxy) is 1. The maximum absolute atomic E-state index is 9.88. The van der Waals surface area contributed by atoms with E-state index < -0.39 is 5.60 Å². The zero-order chi connectivity index (χ0) is 9.47. The summed E-state index contributed by atoms with van der Waals surface area (Å²) in [5.41, 5.74) is 0.897. The van der Waals surface area contributed by atoms with E-state index in [4.69, 9.17) is 4.74 Å². The Labute approximate surface area is 79.6 Å². The zero-order valence-corrected chi connectivity index (χ0v) is 8.42. The van der Waals surface area contributed by atoms with Crippen LogP contribution in [0, 0.1) is 5.92 Å². The highest BCUT2D eigenvalue weighted by molar-refractivity contribution is 5.17. The number of aliphatic hydroxyl groups is 1. The molecule has 1 aliphatic carbocycles. The molecule has 2 heteroatoms. The second kappa shape index (κ2) is 3.10. The van der Waals surface area contributed by atoms with Crippen LogP contribution in [0.25, 0.3) is 0 Å². The van der Waals surface area contributed by atoms with Crippen molar-refractivity contribution in [2.75, 3.05) is 6.61 Å². The van der Waals surface area contributed by atoms with Gasteiger partial charge in [-0.2, -0.15) is 0 Å². The van der Waals surface area contributed by atoms with Crippen LogP contribution in [0.1, 0.15) is 33.1 Å². The Kier molecular flexibility index (Phi) is 2.20. The molecule has 0 aromatic heterocycles. The van der Waals surface area contributed by atoms with Crippen LogP contribution in [-0.4, -0.2) is 23.4 Å². The Bertz CT molecular complexity index is 225. The quantitative estimate of drug-likeness (QED) is 0.627. The first kappa shape index (κ1) is 9.22. The lowest BCUT2D eigenvalue weighted by molar-refractivity contribution is -0.0111. The fourth-order valence-corrected chi connectivity index (χ4v) is 2.27. The molecule has 74 valence electrons. The maximum atomic E-state index is 9.88.